The molecule has 0 saturated heterocycles. The average molecular weight is 243 g/mol. The number of nitrogens with one attached hydrogen (secondary N) is 1. The molecule has 0 aromatic heterocycles. The van der Waals surface area contributed by atoms with Gasteiger partial charge in [0.2, 0.25) is 0 Å². The molecule has 94 valence electrons. The third kappa shape index (κ3) is 4.23. The molecule has 1 aromatic rings. The van der Waals surface area contributed by atoms with E-state index < -0.39 is 11.7 Å². The molecule has 0 spiro atoms. The van der Waals surface area contributed by atoms with Crippen molar-refractivity contribution < 1.29 is 13.2 Å². The van der Waals surface area contributed by atoms with E-state index in [1.165, 1.54) is 12.1 Å². The van der Waals surface area contributed by atoms with E-state index in [0.717, 1.165) is 12.5 Å². The monoisotopic (exact) mass is 243 g/mol. The summed E-state index contributed by atoms with van der Waals surface area (Å²) in [5, 5.41) is 3.06. The molecular weight excluding hydrogens is 227 g/mol. The van der Waals surface area contributed by atoms with E-state index in [-0.39, 0.29) is 6.04 Å². The second-order valence-corrected chi connectivity index (χ2v) is 3.91. The van der Waals surface area contributed by atoms with E-state index in [2.05, 4.69) is 11.9 Å². The van der Waals surface area contributed by atoms with E-state index in [1.807, 2.05) is 0 Å². The van der Waals surface area contributed by atoms with E-state index >= 15 is 0 Å². The maximum Gasteiger partial charge on any atom is 0.416 e. The first-order valence-electron chi connectivity index (χ1n) is 5.41. The summed E-state index contributed by atoms with van der Waals surface area (Å²) in [5.74, 6) is 0. The summed E-state index contributed by atoms with van der Waals surface area (Å²) in [6, 6.07) is 5.57. The summed E-state index contributed by atoms with van der Waals surface area (Å²) >= 11 is 0. The molecule has 0 fully saturated rings. The van der Waals surface area contributed by atoms with Gasteiger partial charge in [0, 0.05) is 6.04 Å². The van der Waals surface area contributed by atoms with Crippen LogP contribution < -0.4 is 5.32 Å². The van der Waals surface area contributed by atoms with Gasteiger partial charge in [0.15, 0.2) is 0 Å². The molecule has 1 aromatic carbocycles. The fraction of sp³-hybridized carbons (Fsp3) is 0.385. The van der Waals surface area contributed by atoms with Gasteiger partial charge in [0.25, 0.3) is 0 Å². The van der Waals surface area contributed by atoms with Crippen molar-refractivity contribution >= 4 is 0 Å². The van der Waals surface area contributed by atoms with Crippen LogP contribution in [0.1, 0.15) is 17.5 Å². The Hall–Kier alpha value is -1.29. The van der Waals surface area contributed by atoms with E-state index in [1.54, 1.807) is 19.2 Å². The highest BCUT2D eigenvalue weighted by Crippen LogP contribution is 2.29. The highest BCUT2D eigenvalue weighted by atomic mass is 19.4. The van der Waals surface area contributed by atoms with Gasteiger partial charge < -0.3 is 5.32 Å². The lowest BCUT2D eigenvalue weighted by Gasteiger charge is -2.15. The molecule has 0 amide bonds. The number of hydrogen-bond donors (Lipinski definition) is 1. The lowest BCUT2D eigenvalue weighted by atomic mass is 10.0. The molecular formula is C13H16F3N. The number of halogens is 3. The summed E-state index contributed by atoms with van der Waals surface area (Å²) < 4.78 is 37.5. The smallest absolute Gasteiger partial charge is 0.316 e. The minimum Gasteiger partial charge on any atom is -0.316 e. The maximum atomic E-state index is 12.5. The maximum absolute atomic E-state index is 12.5. The summed E-state index contributed by atoms with van der Waals surface area (Å²) in [5.41, 5.74) is 0.0875. The Morgan fingerprint density at radius 3 is 2.65 bits per heavy atom. The molecule has 1 nitrogen and oxygen atoms in total. The third-order valence-corrected chi connectivity index (χ3v) is 2.60. The summed E-state index contributed by atoms with van der Waals surface area (Å²) in [7, 11) is 1.79. The topological polar surface area (TPSA) is 12.0 Å². The zero-order chi connectivity index (χ0) is 12.9. The van der Waals surface area contributed by atoms with Crippen LogP contribution in [0.2, 0.25) is 0 Å². The van der Waals surface area contributed by atoms with Crippen molar-refractivity contribution in [1.29, 1.82) is 0 Å². The predicted octanol–water partition coefficient (Wildman–Crippen LogP) is 3.41. The molecule has 1 rings (SSSR count). The first-order valence-corrected chi connectivity index (χ1v) is 5.41. The highest BCUT2D eigenvalue weighted by molar-refractivity contribution is 5.26. The minimum atomic E-state index is -4.27. The van der Waals surface area contributed by atoms with E-state index in [9.17, 15) is 13.2 Å². The van der Waals surface area contributed by atoms with Gasteiger partial charge >= 0.3 is 6.18 Å². The molecule has 1 unspecified atom stereocenters. The van der Waals surface area contributed by atoms with Crippen molar-refractivity contribution in [2.45, 2.75) is 25.1 Å². The normalized spacial score (nSPS) is 13.4. The summed E-state index contributed by atoms with van der Waals surface area (Å²) in [4.78, 5) is 0. The van der Waals surface area contributed by atoms with Crippen LogP contribution in [-0.2, 0) is 12.6 Å². The Morgan fingerprint density at radius 1 is 1.41 bits per heavy atom. The SMILES string of the molecule is C=CCC(Cc1cccc(C(F)(F)F)c1)NC. The fourth-order valence-corrected chi connectivity index (χ4v) is 1.66. The number of likely N-dealkylation sites (N-methyl/N-ethyl adjacent to an activating group) is 1. The molecule has 0 bridgehead atoms. The molecule has 0 aliphatic rings. The summed E-state index contributed by atoms with van der Waals surface area (Å²) in [6.45, 7) is 3.63. The molecule has 0 heterocycles. The first kappa shape index (κ1) is 13.8. The molecule has 0 radical (unpaired) electrons. The second-order valence-electron chi connectivity index (χ2n) is 3.91. The lowest BCUT2D eigenvalue weighted by Crippen LogP contribution is -2.26. The van der Waals surface area contributed by atoms with Gasteiger partial charge in [-0.05, 0) is 31.5 Å². The third-order valence-electron chi connectivity index (χ3n) is 2.60. The Kier molecular flexibility index (Phi) is 4.75. The molecule has 17 heavy (non-hydrogen) atoms. The average Bonchev–Trinajstić information content (AvgIpc) is 2.28. The largest absolute Gasteiger partial charge is 0.416 e. The van der Waals surface area contributed by atoms with Crippen LogP contribution in [0, 0.1) is 0 Å². The zero-order valence-electron chi connectivity index (χ0n) is 9.72. The lowest BCUT2D eigenvalue weighted by molar-refractivity contribution is -0.137. The van der Waals surface area contributed by atoms with Crippen molar-refractivity contribution in [1.82, 2.24) is 5.32 Å². The van der Waals surface area contributed by atoms with Crippen LogP contribution in [-0.4, -0.2) is 13.1 Å². The Bertz CT molecular complexity index is 371. The minimum absolute atomic E-state index is 0.121. The number of hydrogen-bond acceptors (Lipinski definition) is 1. The van der Waals surface area contributed by atoms with E-state index in [4.69, 9.17) is 0 Å². The van der Waals surface area contributed by atoms with E-state index in [0.29, 0.717) is 12.0 Å². The van der Waals surface area contributed by atoms with Crippen molar-refractivity contribution in [2.75, 3.05) is 7.05 Å². The number of alkyl halides is 3. The molecule has 1 N–H and O–H groups in total. The highest BCUT2D eigenvalue weighted by Gasteiger charge is 2.30. The zero-order valence-corrected chi connectivity index (χ0v) is 9.72. The van der Waals surface area contributed by atoms with Crippen molar-refractivity contribution in [3.63, 3.8) is 0 Å². The molecule has 0 aliphatic carbocycles. The van der Waals surface area contributed by atoms with Crippen molar-refractivity contribution in [3.05, 3.63) is 48.0 Å². The van der Waals surface area contributed by atoms with Crippen LogP contribution in [0.3, 0.4) is 0 Å². The standard InChI is InChI=1S/C13H16F3N/c1-3-5-12(17-2)9-10-6-4-7-11(8-10)13(14,15)16/h3-4,6-8,12,17H,1,5,9H2,2H3. The molecule has 0 saturated carbocycles. The van der Waals surface area contributed by atoms with Gasteiger partial charge in [0.05, 0.1) is 5.56 Å². The Labute approximate surface area is 99.3 Å². The Morgan fingerprint density at radius 2 is 2.12 bits per heavy atom. The molecule has 4 heteroatoms. The summed E-state index contributed by atoms with van der Waals surface area (Å²) in [6.07, 6.45) is -1.22. The van der Waals surface area contributed by atoms with Gasteiger partial charge in [-0.3, -0.25) is 0 Å². The van der Waals surface area contributed by atoms with Gasteiger partial charge in [-0.25, -0.2) is 0 Å². The van der Waals surface area contributed by atoms with Crippen LogP contribution in [0.4, 0.5) is 13.2 Å². The molecule has 0 aliphatic heterocycles. The van der Waals surface area contributed by atoms with Crippen LogP contribution in [0.5, 0.6) is 0 Å². The van der Waals surface area contributed by atoms with Crippen LogP contribution in [0.25, 0.3) is 0 Å². The predicted molar refractivity (Wildman–Crippen MR) is 62.8 cm³/mol. The van der Waals surface area contributed by atoms with Gasteiger partial charge in [-0.1, -0.05) is 24.3 Å². The Balaban J connectivity index is 2.81. The van der Waals surface area contributed by atoms with Crippen molar-refractivity contribution in [3.8, 4) is 0 Å². The number of rotatable bonds is 5. The van der Waals surface area contributed by atoms with Crippen molar-refractivity contribution in [2.24, 2.45) is 0 Å². The van der Waals surface area contributed by atoms with Crippen LogP contribution in [0.15, 0.2) is 36.9 Å². The second kappa shape index (κ2) is 5.87. The van der Waals surface area contributed by atoms with Crippen LogP contribution >= 0.6 is 0 Å². The fourth-order valence-electron chi connectivity index (χ4n) is 1.66. The first-order chi connectivity index (χ1) is 7.97. The molecule has 1 atom stereocenters. The van der Waals surface area contributed by atoms with Gasteiger partial charge in [-0.2, -0.15) is 13.2 Å². The quantitative estimate of drug-likeness (QED) is 0.781. The van der Waals surface area contributed by atoms with Gasteiger partial charge in [-0.15, -0.1) is 6.58 Å². The number of benzene rings is 1. The van der Waals surface area contributed by atoms with Gasteiger partial charge in [0.1, 0.15) is 0 Å².